The van der Waals surface area contributed by atoms with Gasteiger partial charge in [-0.1, -0.05) is 48.3 Å². The van der Waals surface area contributed by atoms with Crippen LogP contribution in [0.3, 0.4) is 0 Å². The molecule has 0 aliphatic carbocycles. The maximum atomic E-state index is 16.6. The standard InChI is InChI=1S/C34H36Cl2FNO6/c1-5-33(42,21-12-14-44-15-13-21)23-16-26-29(28(37)17-23)34(43-4,22-7-10-24(35)11-8-22)38(30(26)39)19-20-6-9-25(36)18-27(20)32(2,3)31(40)41/h6-11,16-18,21,42H,5,12-15,19H2,1-4H3,(H,40,41)/t33?,34-/m1/s1. The number of benzene rings is 3. The lowest BCUT2D eigenvalue weighted by atomic mass is 9.74. The van der Waals surface area contributed by atoms with Gasteiger partial charge in [-0.15, -0.1) is 0 Å². The molecule has 2 aliphatic rings. The molecule has 1 unspecified atom stereocenters. The summed E-state index contributed by atoms with van der Waals surface area (Å²) in [6, 6.07) is 14.3. The number of ether oxygens (including phenoxy) is 2. The summed E-state index contributed by atoms with van der Waals surface area (Å²) in [4.78, 5) is 28.2. The van der Waals surface area contributed by atoms with Crippen LogP contribution in [0.15, 0.2) is 54.6 Å². The monoisotopic (exact) mass is 643 g/mol. The first-order chi connectivity index (χ1) is 20.8. The van der Waals surface area contributed by atoms with Gasteiger partial charge in [0.05, 0.1) is 22.1 Å². The number of carbonyl (C=O) groups excluding carboxylic acids is 1. The van der Waals surface area contributed by atoms with Crippen LogP contribution in [0.2, 0.25) is 10.0 Å². The lowest BCUT2D eigenvalue weighted by Crippen LogP contribution is -2.46. The summed E-state index contributed by atoms with van der Waals surface area (Å²) in [5, 5.41) is 22.8. The van der Waals surface area contributed by atoms with Gasteiger partial charge in [0.2, 0.25) is 0 Å². The fourth-order valence-electron chi connectivity index (χ4n) is 6.74. The Morgan fingerprint density at radius 3 is 2.32 bits per heavy atom. The minimum absolute atomic E-state index is 0.00881. The van der Waals surface area contributed by atoms with E-state index in [9.17, 15) is 19.8 Å². The number of rotatable bonds is 9. The minimum Gasteiger partial charge on any atom is -0.481 e. The molecule has 0 spiro atoms. The van der Waals surface area contributed by atoms with Gasteiger partial charge in [-0.2, -0.15) is 0 Å². The first-order valence-corrected chi connectivity index (χ1v) is 15.4. The highest BCUT2D eigenvalue weighted by molar-refractivity contribution is 6.31. The first kappa shape index (κ1) is 32.4. The quantitative estimate of drug-likeness (QED) is 0.260. The van der Waals surface area contributed by atoms with Crippen molar-refractivity contribution < 1.29 is 33.7 Å². The molecule has 234 valence electrons. The van der Waals surface area contributed by atoms with Crippen LogP contribution in [0.1, 0.15) is 78.2 Å². The molecule has 1 saturated heterocycles. The largest absolute Gasteiger partial charge is 0.481 e. The zero-order valence-electron chi connectivity index (χ0n) is 25.1. The summed E-state index contributed by atoms with van der Waals surface area (Å²) in [7, 11) is 1.39. The molecule has 0 aromatic heterocycles. The van der Waals surface area contributed by atoms with Gasteiger partial charge in [-0.05, 0) is 92.1 Å². The Morgan fingerprint density at radius 2 is 1.73 bits per heavy atom. The molecule has 7 nitrogen and oxygen atoms in total. The SMILES string of the molecule is CCC(O)(c1cc(F)c2c(c1)C(=O)N(Cc1ccc(Cl)cc1C(C)(C)C(=O)O)[C@@]2(OC)c1ccc(Cl)cc1)C1CCOCC1. The van der Waals surface area contributed by atoms with Gasteiger partial charge in [0, 0.05) is 42.5 Å². The van der Waals surface area contributed by atoms with Gasteiger partial charge in [-0.3, -0.25) is 14.5 Å². The number of carboxylic acids is 1. The van der Waals surface area contributed by atoms with Gasteiger partial charge < -0.3 is 19.7 Å². The summed E-state index contributed by atoms with van der Waals surface area (Å²) in [5.74, 6) is -2.48. The number of hydrogen-bond donors (Lipinski definition) is 2. The van der Waals surface area contributed by atoms with Crippen molar-refractivity contribution in [1.29, 1.82) is 0 Å². The summed E-state index contributed by atoms with van der Waals surface area (Å²) < 4.78 is 28.3. The third-order valence-electron chi connectivity index (χ3n) is 9.36. The summed E-state index contributed by atoms with van der Waals surface area (Å²) in [6.45, 7) is 5.82. The van der Waals surface area contributed by atoms with Crippen molar-refractivity contribution in [3.05, 3.63) is 104 Å². The topological polar surface area (TPSA) is 96.3 Å². The van der Waals surface area contributed by atoms with Crippen LogP contribution in [-0.4, -0.2) is 47.3 Å². The number of fused-ring (bicyclic) bond motifs is 1. The molecular weight excluding hydrogens is 608 g/mol. The number of hydrogen-bond acceptors (Lipinski definition) is 5. The Morgan fingerprint density at radius 1 is 1.09 bits per heavy atom. The zero-order chi connectivity index (χ0) is 32.0. The average Bonchev–Trinajstić information content (AvgIpc) is 3.26. The second-order valence-electron chi connectivity index (χ2n) is 12.0. The van der Waals surface area contributed by atoms with Crippen molar-refractivity contribution in [2.24, 2.45) is 5.92 Å². The van der Waals surface area contributed by atoms with E-state index in [2.05, 4.69) is 0 Å². The number of nitrogens with zero attached hydrogens (tertiary/aromatic N) is 1. The Labute approximate surface area is 266 Å². The molecule has 2 N–H and O–H groups in total. The van der Waals surface area contributed by atoms with Crippen LogP contribution in [0.25, 0.3) is 0 Å². The van der Waals surface area contributed by atoms with Crippen molar-refractivity contribution in [2.45, 2.75) is 63.3 Å². The van der Waals surface area contributed by atoms with Crippen LogP contribution in [-0.2, 0) is 37.6 Å². The van der Waals surface area contributed by atoms with Gasteiger partial charge in [0.15, 0.2) is 5.72 Å². The Balaban J connectivity index is 1.73. The lowest BCUT2D eigenvalue weighted by molar-refractivity contribution is -0.142. The molecule has 3 aromatic rings. The van der Waals surface area contributed by atoms with Gasteiger partial charge in [0.25, 0.3) is 5.91 Å². The molecule has 2 heterocycles. The van der Waals surface area contributed by atoms with Gasteiger partial charge in [0.1, 0.15) is 5.82 Å². The van der Waals surface area contributed by atoms with Crippen LogP contribution in [0.5, 0.6) is 0 Å². The number of methoxy groups -OCH3 is 1. The van der Waals surface area contributed by atoms with E-state index in [1.807, 2.05) is 6.92 Å². The molecular formula is C34H36Cl2FNO6. The number of amides is 1. The van der Waals surface area contributed by atoms with Gasteiger partial charge in [-0.25, -0.2) is 4.39 Å². The molecule has 0 radical (unpaired) electrons. The van der Waals surface area contributed by atoms with Crippen molar-refractivity contribution in [3.8, 4) is 0 Å². The fraction of sp³-hybridized carbons (Fsp3) is 0.412. The molecule has 2 atom stereocenters. The highest BCUT2D eigenvalue weighted by atomic mass is 35.5. The molecule has 2 aliphatic heterocycles. The fourth-order valence-corrected chi connectivity index (χ4v) is 7.04. The smallest absolute Gasteiger partial charge is 0.313 e. The molecule has 0 saturated carbocycles. The average molecular weight is 645 g/mol. The van der Waals surface area contributed by atoms with Crippen molar-refractivity contribution in [2.75, 3.05) is 20.3 Å². The molecule has 1 fully saturated rings. The third kappa shape index (κ3) is 5.20. The van der Waals surface area contributed by atoms with E-state index in [0.29, 0.717) is 64.8 Å². The zero-order valence-corrected chi connectivity index (χ0v) is 26.6. The van der Waals surface area contributed by atoms with Crippen molar-refractivity contribution in [3.63, 3.8) is 0 Å². The first-order valence-electron chi connectivity index (χ1n) is 14.6. The predicted molar refractivity (Wildman–Crippen MR) is 165 cm³/mol. The molecule has 5 rings (SSSR count). The molecule has 0 bridgehead atoms. The van der Waals surface area contributed by atoms with Crippen molar-refractivity contribution in [1.82, 2.24) is 4.90 Å². The van der Waals surface area contributed by atoms with E-state index in [-0.39, 0.29) is 23.6 Å². The van der Waals surface area contributed by atoms with Crippen LogP contribution in [0.4, 0.5) is 4.39 Å². The number of aliphatic hydroxyl groups is 1. The number of aliphatic carboxylic acids is 1. The second-order valence-corrected chi connectivity index (χ2v) is 12.9. The Kier molecular flexibility index (Phi) is 8.88. The maximum absolute atomic E-state index is 16.6. The molecule has 10 heteroatoms. The highest BCUT2D eigenvalue weighted by Crippen LogP contribution is 2.50. The lowest BCUT2D eigenvalue weighted by Gasteiger charge is -2.40. The molecule has 3 aromatic carbocycles. The minimum atomic E-state index is -1.73. The van der Waals surface area contributed by atoms with Crippen LogP contribution >= 0.6 is 23.2 Å². The van der Waals surface area contributed by atoms with Crippen LogP contribution in [0, 0.1) is 11.7 Å². The second kappa shape index (κ2) is 12.1. The summed E-state index contributed by atoms with van der Waals surface area (Å²) >= 11 is 12.5. The Bertz CT molecular complexity index is 1590. The Hall–Kier alpha value is -3.01. The molecule has 44 heavy (non-hydrogen) atoms. The summed E-state index contributed by atoms with van der Waals surface area (Å²) in [5.41, 5.74) is -2.71. The van der Waals surface area contributed by atoms with E-state index >= 15 is 4.39 Å². The van der Waals surface area contributed by atoms with E-state index in [4.69, 9.17) is 32.7 Å². The van der Waals surface area contributed by atoms with Gasteiger partial charge >= 0.3 is 5.97 Å². The van der Waals surface area contributed by atoms with E-state index < -0.39 is 34.4 Å². The number of carboxylic acid groups (broad SMARTS) is 1. The highest BCUT2D eigenvalue weighted by Gasteiger charge is 2.55. The van der Waals surface area contributed by atoms with Crippen molar-refractivity contribution >= 4 is 35.1 Å². The third-order valence-corrected chi connectivity index (χ3v) is 9.85. The normalized spacial score (nSPS) is 20.5. The van der Waals surface area contributed by atoms with E-state index in [1.165, 1.54) is 18.1 Å². The van der Waals surface area contributed by atoms with Crippen LogP contribution < -0.4 is 0 Å². The molecule has 1 amide bonds. The van der Waals surface area contributed by atoms with E-state index in [0.717, 1.165) is 0 Å². The summed E-state index contributed by atoms with van der Waals surface area (Å²) in [6.07, 6.45) is 1.53. The predicted octanol–water partition coefficient (Wildman–Crippen LogP) is 7.02. The number of carbonyl (C=O) groups is 2. The number of halogens is 3. The maximum Gasteiger partial charge on any atom is 0.313 e. The van der Waals surface area contributed by atoms with E-state index in [1.54, 1.807) is 62.4 Å².